The van der Waals surface area contributed by atoms with Gasteiger partial charge in [-0.25, -0.2) is 4.79 Å². The van der Waals surface area contributed by atoms with E-state index in [0.717, 1.165) is 29.5 Å². The Morgan fingerprint density at radius 1 is 1.13 bits per heavy atom. The van der Waals surface area contributed by atoms with Crippen LogP contribution in [0.15, 0.2) is 48.5 Å². The van der Waals surface area contributed by atoms with Gasteiger partial charge in [-0.2, -0.15) is 0 Å². The molecule has 0 amide bonds. The summed E-state index contributed by atoms with van der Waals surface area (Å²) in [6.07, 6.45) is 2.27. The molecule has 0 bridgehead atoms. The Bertz CT molecular complexity index is 623. The Hall–Kier alpha value is -2.66. The van der Waals surface area contributed by atoms with Crippen molar-refractivity contribution in [1.82, 2.24) is 0 Å². The van der Waals surface area contributed by atoms with E-state index in [4.69, 9.17) is 10.2 Å². The first-order valence-corrected chi connectivity index (χ1v) is 7.24. The molecular formula is C18H21NO4. The van der Waals surface area contributed by atoms with Crippen molar-refractivity contribution in [3.8, 4) is 0 Å². The molecule has 0 spiro atoms. The van der Waals surface area contributed by atoms with Crippen LogP contribution < -0.4 is 5.32 Å². The van der Waals surface area contributed by atoms with Crippen LogP contribution >= 0.6 is 0 Å². The molecular weight excluding hydrogens is 294 g/mol. The second-order valence-corrected chi connectivity index (χ2v) is 4.82. The zero-order valence-corrected chi connectivity index (χ0v) is 13.0. The third-order valence-corrected chi connectivity index (χ3v) is 3.15. The Morgan fingerprint density at radius 3 is 2.30 bits per heavy atom. The molecule has 2 rings (SSSR count). The highest BCUT2D eigenvalue weighted by molar-refractivity contribution is 5.88. The van der Waals surface area contributed by atoms with Gasteiger partial charge in [0.25, 0.3) is 0 Å². The lowest BCUT2D eigenvalue weighted by Crippen LogP contribution is -1.97. The lowest BCUT2D eigenvalue weighted by molar-refractivity contribution is -0.107. The molecule has 0 aliphatic heterocycles. The molecule has 0 aromatic heterocycles. The number of aryl methyl sites for hydroxylation is 1. The molecule has 3 N–H and O–H groups in total. The van der Waals surface area contributed by atoms with E-state index in [2.05, 4.69) is 5.32 Å². The summed E-state index contributed by atoms with van der Waals surface area (Å²) in [5.41, 5.74) is 3.16. The number of hydrogen-bond acceptors (Lipinski definition) is 4. The number of carbonyl (C=O) groups excluding carboxylic acids is 1. The van der Waals surface area contributed by atoms with Gasteiger partial charge in [0, 0.05) is 19.2 Å². The minimum Gasteiger partial charge on any atom is -0.478 e. The number of carboxylic acid groups (broad SMARTS) is 1. The number of anilines is 1. The predicted molar refractivity (Wildman–Crippen MR) is 89.7 cm³/mol. The molecule has 0 aliphatic rings. The number of nitrogens with one attached hydrogen (secondary N) is 1. The van der Waals surface area contributed by atoms with Crippen LogP contribution in [0.4, 0.5) is 5.69 Å². The highest BCUT2D eigenvalue weighted by Gasteiger charge is 2.00. The number of carbonyl (C=O) groups is 2. The van der Waals surface area contributed by atoms with E-state index in [1.807, 2.05) is 30.3 Å². The number of aliphatic hydroxyl groups is 1. The van der Waals surface area contributed by atoms with Crippen molar-refractivity contribution in [2.45, 2.75) is 19.4 Å². The summed E-state index contributed by atoms with van der Waals surface area (Å²) in [4.78, 5) is 20.5. The number of carboxylic acids is 1. The summed E-state index contributed by atoms with van der Waals surface area (Å²) in [6.45, 7) is 0.0773. The third-order valence-electron chi connectivity index (χ3n) is 3.15. The summed E-state index contributed by atoms with van der Waals surface area (Å²) in [7, 11) is 1.75. The average molecular weight is 315 g/mol. The van der Waals surface area contributed by atoms with Crippen LogP contribution in [0.1, 0.15) is 27.9 Å². The first-order chi connectivity index (χ1) is 11.1. The summed E-state index contributed by atoms with van der Waals surface area (Å²) >= 11 is 0. The largest absolute Gasteiger partial charge is 0.478 e. The number of aliphatic hydroxyl groups excluding tert-OH is 1. The normalized spacial score (nSPS) is 9.48. The number of benzene rings is 2. The van der Waals surface area contributed by atoms with E-state index < -0.39 is 5.97 Å². The first kappa shape index (κ1) is 18.4. The fourth-order valence-electron chi connectivity index (χ4n) is 1.84. The average Bonchev–Trinajstić information content (AvgIpc) is 2.61. The van der Waals surface area contributed by atoms with Crippen molar-refractivity contribution in [3.63, 3.8) is 0 Å². The van der Waals surface area contributed by atoms with Crippen LogP contribution in [0.3, 0.4) is 0 Å². The van der Waals surface area contributed by atoms with Gasteiger partial charge >= 0.3 is 5.97 Å². The zero-order chi connectivity index (χ0) is 17.1. The molecule has 0 radical (unpaired) electrons. The predicted octanol–water partition coefficient (Wildman–Crippen LogP) is 2.74. The number of aldehydes is 1. The summed E-state index contributed by atoms with van der Waals surface area (Å²) in [5, 5.41) is 20.2. The Kier molecular flexibility index (Phi) is 8.10. The first-order valence-electron chi connectivity index (χ1n) is 7.24. The minimum atomic E-state index is -0.901. The lowest BCUT2D eigenvalue weighted by atomic mass is 10.1. The van der Waals surface area contributed by atoms with Crippen LogP contribution in [-0.4, -0.2) is 29.5 Å². The van der Waals surface area contributed by atoms with Crippen molar-refractivity contribution in [1.29, 1.82) is 0 Å². The molecule has 5 nitrogen and oxygen atoms in total. The third kappa shape index (κ3) is 6.76. The summed E-state index contributed by atoms with van der Waals surface area (Å²) in [6, 6.07) is 14.3. The topological polar surface area (TPSA) is 86.6 Å². The van der Waals surface area contributed by atoms with Crippen LogP contribution in [0.25, 0.3) is 0 Å². The highest BCUT2D eigenvalue weighted by Crippen LogP contribution is 2.09. The second-order valence-electron chi connectivity index (χ2n) is 4.82. The fourth-order valence-corrected chi connectivity index (χ4v) is 1.84. The lowest BCUT2D eigenvalue weighted by Gasteiger charge is -1.99. The Labute approximate surface area is 135 Å². The molecule has 0 atom stereocenters. The maximum absolute atomic E-state index is 10.4. The SMILES string of the molecule is CNc1cccc(C(=O)O)c1.O=CCCc1ccc(CO)cc1. The summed E-state index contributed by atoms with van der Waals surface area (Å²) < 4.78 is 0. The van der Waals surface area contributed by atoms with Crippen molar-refractivity contribution >= 4 is 17.9 Å². The van der Waals surface area contributed by atoms with E-state index in [0.29, 0.717) is 12.0 Å². The van der Waals surface area contributed by atoms with Gasteiger partial charge in [0.1, 0.15) is 6.29 Å². The van der Waals surface area contributed by atoms with Gasteiger partial charge in [0.05, 0.1) is 12.2 Å². The molecule has 0 fully saturated rings. The molecule has 5 heteroatoms. The van der Waals surface area contributed by atoms with Crippen molar-refractivity contribution in [2.24, 2.45) is 0 Å². The van der Waals surface area contributed by atoms with Crippen molar-refractivity contribution in [2.75, 3.05) is 12.4 Å². The van der Waals surface area contributed by atoms with E-state index in [9.17, 15) is 9.59 Å². The number of aromatic carboxylic acids is 1. The van der Waals surface area contributed by atoms with Gasteiger partial charge in [-0.05, 0) is 35.7 Å². The zero-order valence-electron chi connectivity index (χ0n) is 13.0. The Morgan fingerprint density at radius 2 is 1.78 bits per heavy atom. The standard InChI is InChI=1S/C10H12O2.C8H9NO2/c11-7-1-2-9-3-5-10(8-12)6-4-9;1-9-7-4-2-3-6(5-7)8(10)11/h3-7,12H,1-2,8H2;2-5,9H,1H3,(H,10,11). The maximum Gasteiger partial charge on any atom is 0.335 e. The molecule has 0 aliphatic carbocycles. The van der Waals surface area contributed by atoms with E-state index in [1.165, 1.54) is 0 Å². The van der Waals surface area contributed by atoms with Crippen molar-refractivity contribution in [3.05, 3.63) is 65.2 Å². The van der Waals surface area contributed by atoms with Gasteiger partial charge in [0.2, 0.25) is 0 Å². The van der Waals surface area contributed by atoms with Crippen LogP contribution in [0, 0.1) is 0 Å². The molecule has 0 saturated heterocycles. The van der Waals surface area contributed by atoms with Crippen LogP contribution in [-0.2, 0) is 17.8 Å². The minimum absolute atomic E-state index is 0.0773. The molecule has 23 heavy (non-hydrogen) atoms. The molecule has 0 unspecified atom stereocenters. The molecule has 2 aromatic rings. The molecule has 122 valence electrons. The quantitative estimate of drug-likeness (QED) is 0.714. The van der Waals surface area contributed by atoms with Crippen LogP contribution in [0.2, 0.25) is 0 Å². The van der Waals surface area contributed by atoms with Gasteiger partial charge in [-0.15, -0.1) is 0 Å². The summed E-state index contributed by atoms with van der Waals surface area (Å²) in [5.74, 6) is -0.901. The van der Waals surface area contributed by atoms with Gasteiger partial charge < -0.3 is 20.3 Å². The highest BCUT2D eigenvalue weighted by atomic mass is 16.4. The molecule has 2 aromatic carbocycles. The van der Waals surface area contributed by atoms with Crippen molar-refractivity contribution < 1.29 is 19.8 Å². The van der Waals surface area contributed by atoms with E-state index in [-0.39, 0.29) is 6.61 Å². The molecule has 0 heterocycles. The van der Waals surface area contributed by atoms with Gasteiger partial charge in [-0.3, -0.25) is 0 Å². The second kappa shape index (κ2) is 10.1. The van der Waals surface area contributed by atoms with E-state index in [1.54, 1.807) is 25.2 Å². The number of rotatable bonds is 6. The van der Waals surface area contributed by atoms with Gasteiger partial charge in [0.15, 0.2) is 0 Å². The monoisotopic (exact) mass is 315 g/mol. The smallest absolute Gasteiger partial charge is 0.335 e. The fraction of sp³-hybridized carbons (Fsp3) is 0.222. The maximum atomic E-state index is 10.4. The number of hydrogen-bond donors (Lipinski definition) is 3. The Balaban J connectivity index is 0.000000231. The van der Waals surface area contributed by atoms with Crippen LogP contribution in [0.5, 0.6) is 0 Å². The molecule has 0 saturated carbocycles. The van der Waals surface area contributed by atoms with E-state index >= 15 is 0 Å². The van der Waals surface area contributed by atoms with Gasteiger partial charge in [-0.1, -0.05) is 30.3 Å².